The Balaban J connectivity index is 1.91. The summed E-state index contributed by atoms with van der Waals surface area (Å²) >= 11 is 0. The van der Waals surface area contributed by atoms with Crippen molar-refractivity contribution < 1.29 is 22.7 Å². The first kappa shape index (κ1) is 20.5. The van der Waals surface area contributed by atoms with Crippen molar-refractivity contribution in [3.63, 3.8) is 0 Å². The van der Waals surface area contributed by atoms with E-state index in [9.17, 15) is 13.2 Å². The molecular formula is C19H22N2O5S. The third-order valence-corrected chi connectivity index (χ3v) is 4.64. The summed E-state index contributed by atoms with van der Waals surface area (Å²) in [7, 11) is -3.87. The van der Waals surface area contributed by atoms with Crippen molar-refractivity contribution in [2.75, 3.05) is 13.2 Å². The normalized spacial score (nSPS) is 11.3. The molecule has 0 unspecified atom stereocenters. The van der Waals surface area contributed by atoms with Gasteiger partial charge in [0.1, 0.15) is 11.5 Å². The summed E-state index contributed by atoms with van der Waals surface area (Å²) in [6.07, 6.45) is 2.80. The molecule has 1 amide bonds. The topological polar surface area (TPSA) is 93.7 Å². The van der Waals surface area contributed by atoms with E-state index in [0.29, 0.717) is 19.0 Å². The minimum absolute atomic E-state index is 0.0155. The van der Waals surface area contributed by atoms with E-state index in [4.69, 9.17) is 9.47 Å². The highest BCUT2D eigenvalue weighted by Crippen LogP contribution is 2.15. The average Bonchev–Trinajstić information content (AvgIpc) is 2.67. The number of hydrogen-bond acceptors (Lipinski definition) is 5. The summed E-state index contributed by atoms with van der Waals surface area (Å²) in [6.45, 7) is 4.79. The lowest BCUT2D eigenvalue weighted by Crippen LogP contribution is -2.40. The Labute approximate surface area is 159 Å². The van der Waals surface area contributed by atoms with Crippen LogP contribution >= 0.6 is 0 Å². The molecule has 0 atom stereocenters. The first-order valence-electron chi connectivity index (χ1n) is 8.40. The third kappa shape index (κ3) is 6.43. The van der Waals surface area contributed by atoms with Crippen LogP contribution in [-0.4, -0.2) is 27.5 Å². The molecule has 8 heteroatoms. The number of carbonyl (C=O) groups is 1. The quantitative estimate of drug-likeness (QED) is 0.507. The molecule has 0 saturated heterocycles. The van der Waals surface area contributed by atoms with E-state index in [0.717, 1.165) is 11.3 Å². The average molecular weight is 390 g/mol. The Morgan fingerprint density at radius 3 is 1.96 bits per heavy atom. The zero-order chi connectivity index (χ0) is 19.7. The minimum Gasteiger partial charge on any atom is -0.494 e. The molecule has 0 fully saturated rings. The Hall–Kier alpha value is -2.84. The van der Waals surface area contributed by atoms with Crippen molar-refractivity contribution in [3.05, 3.63) is 60.2 Å². The molecule has 7 nitrogen and oxygen atoms in total. The molecule has 144 valence electrons. The van der Waals surface area contributed by atoms with E-state index in [1.807, 2.05) is 18.7 Å². The third-order valence-electron chi connectivity index (χ3n) is 3.37. The maximum atomic E-state index is 12.2. The van der Waals surface area contributed by atoms with Crippen LogP contribution in [0.2, 0.25) is 0 Å². The number of rotatable bonds is 9. The van der Waals surface area contributed by atoms with Gasteiger partial charge in [0.2, 0.25) is 0 Å². The summed E-state index contributed by atoms with van der Waals surface area (Å²) in [5.41, 5.74) is 2.92. The smallest absolute Gasteiger partial charge is 0.258 e. The number of nitrogens with one attached hydrogen (secondary N) is 2. The SMILES string of the molecule is CCOc1ccc(/C=C/C(=O)NNS(=O)(=O)c2ccc(OCC)cc2)cc1. The second-order valence-electron chi connectivity index (χ2n) is 5.33. The van der Waals surface area contributed by atoms with E-state index < -0.39 is 15.9 Å². The Morgan fingerprint density at radius 1 is 0.926 bits per heavy atom. The standard InChI is InChI=1S/C19H22N2O5S/c1-3-25-16-8-5-15(6-9-16)7-14-19(22)20-21-27(23,24)18-12-10-17(11-13-18)26-4-2/h5-14,21H,3-4H2,1-2H3,(H,20,22)/b14-7+. The molecule has 0 heterocycles. The number of amides is 1. The van der Waals surface area contributed by atoms with Crippen LogP contribution in [0.1, 0.15) is 19.4 Å². The molecule has 0 saturated carbocycles. The molecule has 2 N–H and O–H groups in total. The van der Waals surface area contributed by atoms with Gasteiger partial charge >= 0.3 is 0 Å². The summed E-state index contributed by atoms with van der Waals surface area (Å²) < 4.78 is 35.0. The summed E-state index contributed by atoms with van der Waals surface area (Å²) in [6, 6.07) is 13.0. The first-order chi connectivity index (χ1) is 12.9. The summed E-state index contributed by atoms with van der Waals surface area (Å²) in [4.78, 5) is 13.9. The number of benzene rings is 2. The predicted molar refractivity (Wildman–Crippen MR) is 103 cm³/mol. The minimum atomic E-state index is -3.87. The first-order valence-corrected chi connectivity index (χ1v) is 9.88. The number of hydrazine groups is 1. The van der Waals surface area contributed by atoms with Gasteiger partial charge < -0.3 is 9.47 Å². The van der Waals surface area contributed by atoms with Gasteiger partial charge in [-0.25, -0.2) is 8.42 Å². The monoisotopic (exact) mass is 390 g/mol. The lowest BCUT2D eigenvalue weighted by molar-refractivity contribution is -0.116. The second kappa shape index (κ2) is 9.75. The summed E-state index contributed by atoms with van der Waals surface area (Å²) in [5.74, 6) is 0.708. The van der Waals surface area contributed by atoms with E-state index in [2.05, 4.69) is 5.43 Å². The number of hydrogen-bond donors (Lipinski definition) is 2. The van der Waals surface area contributed by atoms with Gasteiger partial charge in [-0.05, 0) is 61.9 Å². The highest BCUT2D eigenvalue weighted by molar-refractivity contribution is 7.89. The Bertz CT molecular complexity index is 875. The van der Waals surface area contributed by atoms with Gasteiger partial charge in [-0.2, -0.15) is 0 Å². The molecule has 0 aliphatic heterocycles. The molecular weight excluding hydrogens is 368 g/mol. The zero-order valence-corrected chi connectivity index (χ0v) is 16.0. The number of sulfonamides is 1. The van der Waals surface area contributed by atoms with Gasteiger partial charge in [0.05, 0.1) is 18.1 Å². The summed E-state index contributed by atoms with van der Waals surface area (Å²) in [5, 5.41) is 0. The molecule has 0 radical (unpaired) electrons. The number of carbonyl (C=O) groups excluding carboxylic acids is 1. The van der Waals surface area contributed by atoms with Crippen molar-refractivity contribution in [2.45, 2.75) is 18.7 Å². The van der Waals surface area contributed by atoms with Gasteiger partial charge in [0, 0.05) is 6.08 Å². The van der Waals surface area contributed by atoms with E-state index >= 15 is 0 Å². The predicted octanol–water partition coefficient (Wildman–Crippen LogP) is 2.51. The lowest BCUT2D eigenvalue weighted by atomic mass is 10.2. The van der Waals surface area contributed by atoms with Crippen LogP contribution in [0, 0.1) is 0 Å². The van der Waals surface area contributed by atoms with Gasteiger partial charge in [0.25, 0.3) is 15.9 Å². The molecule has 0 aliphatic carbocycles. The fourth-order valence-corrected chi connectivity index (χ4v) is 2.96. The van der Waals surface area contributed by atoms with Gasteiger partial charge in [-0.1, -0.05) is 12.1 Å². The fourth-order valence-electron chi connectivity index (χ4n) is 2.11. The van der Waals surface area contributed by atoms with Crippen molar-refractivity contribution in [3.8, 4) is 11.5 Å². The van der Waals surface area contributed by atoms with Crippen LogP contribution in [0.15, 0.2) is 59.5 Å². The van der Waals surface area contributed by atoms with Crippen molar-refractivity contribution in [1.82, 2.24) is 10.3 Å². The molecule has 0 aliphatic rings. The highest BCUT2D eigenvalue weighted by Gasteiger charge is 2.14. The lowest BCUT2D eigenvalue weighted by Gasteiger charge is -2.08. The van der Waals surface area contributed by atoms with Gasteiger partial charge in [0.15, 0.2) is 0 Å². The molecule has 2 rings (SSSR count). The van der Waals surface area contributed by atoms with Crippen molar-refractivity contribution in [1.29, 1.82) is 0 Å². The molecule has 27 heavy (non-hydrogen) atoms. The van der Waals surface area contributed by atoms with Crippen LogP contribution in [-0.2, 0) is 14.8 Å². The number of ether oxygens (including phenoxy) is 2. The van der Waals surface area contributed by atoms with Crippen LogP contribution in [0.4, 0.5) is 0 Å². The van der Waals surface area contributed by atoms with Crippen LogP contribution in [0.25, 0.3) is 6.08 Å². The van der Waals surface area contributed by atoms with Crippen LogP contribution in [0.3, 0.4) is 0 Å². The molecule has 2 aromatic carbocycles. The van der Waals surface area contributed by atoms with Crippen molar-refractivity contribution >= 4 is 22.0 Å². The van der Waals surface area contributed by atoms with Gasteiger partial charge in [-0.15, -0.1) is 4.83 Å². The molecule has 2 aromatic rings. The van der Waals surface area contributed by atoms with Gasteiger partial charge in [-0.3, -0.25) is 10.2 Å². The van der Waals surface area contributed by atoms with Crippen LogP contribution < -0.4 is 19.7 Å². The zero-order valence-electron chi connectivity index (χ0n) is 15.1. The Morgan fingerprint density at radius 2 is 1.44 bits per heavy atom. The highest BCUT2D eigenvalue weighted by atomic mass is 32.2. The van der Waals surface area contributed by atoms with E-state index in [-0.39, 0.29) is 4.90 Å². The van der Waals surface area contributed by atoms with E-state index in [1.165, 1.54) is 18.2 Å². The molecule has 0 bridgehead atoms. The van der Waals surface area contributed by atoms with E-state index in [1.54, 1.807) is 42.5 Å². The Kier molecular flexibility index (Phi) is 7.39. The molecule has 0 aromatic heterocycles. The largest absolute Gasteiger partial charge is 0.494 e. The fraction of sp³-hybridized carbons (Fsp3) is 0.211. The maximum Gasteiger partial charge on any atom is 0.258 e. The van der Waals surface area contributed by atoms with Crippen LogP contribution in [0.5, 0.6) is 11.5 Å². The maximum absolute atomic E-state index is 12.2. The van der Waals surface area contributed by atoms with Crippen molar-refractivity contribution in [2.24, 2.45) is 0 Å². The molecule has 0 spiro atoms. The second-order valence-corrected chi connectivity index (χ2v) is 7.02.